The number of hydrogen-bond donors (Lipinski definition) is 2. The number of benzene rings is 1. The predicted molar refractivity (Wildman–Crippen MR) is 59.8 cm³/mol. The van der Waals surface area contributed by atoms with Crippen LogP contribution in [0.15, 0.2) is 24.3 Å². The van der Waals surface area contributed by atoms with E-state index in [1.165, 1.54) is 7.11 Å². The molecule has 6 heteroatoms. The predicted octanol–water partition coefficient (Wildman–Crippen LogP) is -0.0203. The van der Waals surface area contributed by atoms with Gasteiger partial charge in [0.1, 0.15) is 6.61 Å². The number of amides is 1. The van der Waals surface area contributed by atoms with Crippen molar-refractivity contribution in [2.75, 3.05) is 13.7 Å². The lowest BCUT2D eigenvalue weighted by molar-refractivity contribution is -0.125. The second kappa shape index (κ2) is 6.62. The van der Waals surface area contributed by atoms with E-state index in [9.17, 15) is 9.59 Å². The van der Waals surface area contributed by atoms with Crippen LogP contribution in [0.25, 0.3) is 0 Å². The van der Waals surface area contributed by atoms with Crippen molar-refractivity contribution in [3.05, 3.63) is 35.4 Å². The molecule has 1 amide bonds. The molecule has 0 fully saturated rings. The Morgan fingerprint density at radius 2 is 1.94 bits per heavy atom. The average Bonchev–Trinajstić information content (AvgIpc) is 2.34. The van der Waals surface area contributed by atoms with Gasteiger partial charge in [-0.3, -0.25) is 9.63 Å². The van der Waals surface area contributed by atoms with Gasteiger partial charge in [0.05, 0.1) is 12.7 Å². The first-order chi connectivity index (χ1) is 8.13. The molecule has 0 heterocycles. The van der Waals surface area contributed by atoms with E-state index < -0.39 is 5.91 Å². The van der Waals surface area contributed by atoms with E-state index in [1.54, 1.807) is 24.3 Å². The standard InChI is InChI=1S/C11H14N2O4/c1-16-11(15)9-4-2-8(3-5-9)6-13-17-7-10(12)14/h2-5,13H,6-7H2,1H3,(H2,12,14). The number of hydroxylamine groups is 1. The van der Waals surface area contributed by atoms with Crippen LogP contribution in [0.4, 0.5) is 0 Å². The molecule has 0 unspecified atom stereocenters. The maximum absolute atomic E-state index is 11.1. The van der Waals surface area contributed by atoms with Crippen LogP contribution >= 0.6 is 0 Å². The van der Waals surface area contributed by atoms with E-state index in [1.807, 2.05) is 0 Å². The number of rotatable bonds is 6. The summed E-state index contributed by atoms with van der Waals surface area (Å²) >= 11 is 0. The first-order valence-corrected chi connectivity index (χ1v) is 4.93. The number of methoxy groups -OCH3 is 1. The summed E-state index contributed by atoms with van der Waals surface area (Å²) in [5, 5.41) is 0. The normalized spacial score (nSPS) is 9.94. The van der Waals surface area contributed by atoms with Crippen LogP contribution < -0.4 is 11.2 Å². The maximum atomic E-state index is 11.1. The number of nitrogens with one attached hydrogen (secondary N) is 1. The minimum atomic E-state index is -0.543. The zero-order chi connectivity index (χ0) is 12.7. The number of esters is 1. The molecule has 0 bridgehead atoms. The van der Waals surface area contributed by atoms with E-state index in [4.69, 9.17) is 10.6 Å². The molecule has 92 valence electrons. The molecule has 3 N–H and O–H groups in total. The monoisotopic (exact) mass is 238 g/mol. The smallest absolute Gasteiger partial charge is 0.337 e. The molecular formula is C11H14N2O4. The SMILES string of the molecule is COC(=O)c1ccc(CNOCC(N)=O)cc1. The van der Waals surface area contributed by atoms with Crippen LogP contribution in [0, 0.1) is 0 Å². The molecule has 1 aromatic carbocycles. The summed E-state index contributed by atoms with van der Waals surface area (Å²) in [5.41, 5.74) is 8.85. The molecule has 0 aliphatic carbocycles. The van der Waals surface area contributed by atoms with Crippen LogP contribution in [0.1, 0.15) is 15.9 Å². The van der Waals surface area contributed by atoms with Crippen LogP contribution in [0.2, 0.25) is 0 Å². The van der Waals surface area contributed by atoms with Gasteiger partial charge in [-0.05, 0) is 17.7 Å². The molecule has 0 saturated heterocycles. The van der Waals surface area contributed by atoms with Gasteiger partial charge in [-0.25, -0.2) is 4.79 Å². The summed E-state index contributed by atoms with van der Waals surface area (Å²) in [6, 6.07) is 6.81. The topological polar surface area (TPSA) is 90.7 Å². The summed E-state index contributed by atoms with van der Waals surface area (Å²) in [7, 11) is 1.33. The zero-order valence-electron chi connectivity index (χ0n) is 9.43. The molecule has 6 nitrogen and oxygen atoms in total. The highest BCUT2D eigenvalue weighted by atomic mass is 16.6. The fourth-order valence-corrected chi connectivity index (χ4v) is 1.13. The Kier molecular flexibility index (Phi) is 5.12. The van der Waals surface area contributed by atoms with Crippen molar-refractivity contribution in [3.63, 3.8) is 0 Å². The highest BCUT2D eigenvalue weighted by Crippen LogP contribution is 2.05. The number of carbonyl (C=O) groups is 2. The highest BCUT2D eigenvalue weighted by Gasteiger charge is 2.04. The third-order valence-corrected chi connectivity index (χ3v) is 1.97. The molecule has 1 rings (SSSR count). The second-order valence-corrected chi connectivity index (χ2v) is 3.26. The fraction of sp³-hybridized carbons (Fsp3) is 0.273. The highest BCUT2D eigenvalue weighted by molar-refractivity contribution is 5.89. The lowest BCUT2D eigenvalue weighted by Gasteiger charge is -2.05. The lowest BCUT2D eigenvalue weighted by atomic mass is 10.1. The van der Waals surface area contributed by atoms with Gasteiger partial charge in [0.2, 0.25) is 5.91 Å². The van der Waals surface area contributed by atoms with E-state index in [0.717, 1.165) is 5.56 Å². The average molecular weight is 238 g/mol. The third kappa shape index (κ3) is 4.62. The van der Waals surface area contributed by atoms with Gasteiger partial charge in [0.15, 0.2) is 0 Å². The lowest BCUT2D eigenvalue weighted by Crippen LogP contribution is -2.24. The fourth-order valence-electron chi connectivity index (χ4n) is 1.13. The quantitative estimate of drug-likeness (QED) is 0.413. The molecule has 0 aliphatic rings. The molecule has 0 aliphatic heterocycles. The van der Waals surface area contributed by atoms with E-state index in [-0.39, 0.29) is 12.6 Å². The largest absolute Gasteiger partial charge is 0.465 e. The summed E-state index contributed by atoms with van der Waals surface area (Å²) in [6.45, 7) is 0.231. The number of nitrogens with two attached hydrogens (primary N) is 1. The van der Waals surface area contributed by atoms with E-state index in [2.05, 4.69) is 10.2 Å². The number of primary amides is 1. The van der Waals surface area contributed by atoms with Gasteiger partial charge in [-0.1, -0.05) is 12.1 Å². The molecule has 1 aromatic rings. The van der Waals surface area contributed by atoms with Gasteiger partial charge in [-0.2, -0.15) is 5.48 Å². The van der Waals surface area contributed by atoms with Crippen molar-refractivity contribution in [3.8, 4) is 0 Å². The maximum Gasteiger partial charge on any atom is 0.337 e. The first kappa shape index (κ1) is 13.1. The Bertz CT molecular complexity index is 389. The molecule has 0 radical (unpaired) electrons. The second-order valence-electron chi connectivity index (χ2n) is 3.26. The first-order valence-electron chi connectivity index (χ1n) is 4.93. The molecule has 17 heavy (non-hydrogen) atoms. The summed E-state index contributed by atoms with van der Waals surface area (Å²) < 4.78 is 4.57. The van der Waals surface area contributed by atoms with Gasteiger partial charge < -0.3 is 10.5 Å². The van der Waals surface area contributed by atoms with Crippen LogP contribution in [0.5, 0.6) is 0 Å². The van der Waals surface area contributed by atoms with Crippen molar-refractivity contribution in [2.45, 2.75) is 6.54 Å². The Balaban J connectivity index is 2.40. The van der Waals surface area contributed by atoms with Crippen molar-refractivity contribution >= 4 is 11.9 Å². The zero-order valence-corrected chi connectivity index (χ0v) is 9.43. The van der Waals surface area contributed by atoms with Gasteiger partial charge >= 0.3 is 5.97 Å². The molecular weight excluding hydrogens is 224 g/mol. The number of hydrogen-bond acceptors (Lipinski definition) is 5. The van der Waals surface area contributed by atoms with E-state index in [0.29, 0.717) is 12.1 Å². The van der Waals surface area contributed by atoms with Gasteiger partial charge in [-0.15, -0.1) is 0 Å². The van der Waals surface area contributed by atoms with Crippen molar-refractivity contribution < 1.29 is 19.2 Å². The summed E-state index contributed by atoms with van der Waals surface area (Å²) in [4.78, 5) is 26.3. The van der Waals surface area contributed by atoms with Crippen LogP contribution in [-0.2, 0) is 20.9 Å². The van der Waals surface area contributed by atoms with Gasteiger partial charge in [0.25, 0.3) is 0 Å². The third-order valence-electron chi connectivity index (χ3n) is 1.97. The van der Waals surface area contributed by atoms with Crippen molar-refractivity contribution in [1.29, 1.82) is 0 Å². The molecule has 0 aromatic heterocycles. The van der Waals surface area contributed by atoms with Crippen molar-refractivity contribution in [1.82, 2.24) is 5.48 Å². The molecule has 0 saturated carbocycles. The Hall–Kier alpha value is -1.92. The molecule has 0 spiro atoms. The Labute approximate surface area is 98.7 Å². The summed E-state index contributed by atoms with van der Waals surface area (Å²) in [5.74, 6) is -0.923. The summed E-state index contributed by atoms with van der Waals surface area (Å²) in [6.07, 6.45) is 0. The minimum absolute atomic E-state index is 0.180. The van der Waals surface area contributed by atoms with Crippen LogP contribution in [-0.4, -0.2) is 25.6 Å². The Morgan fingerprint density at radius 3 is 2.47 bits per heavy atom. The van der Waals surface area contributed by atoms with E-state index >= 15 is 0 Å². The number of ether oxygens (including phenoxy) is 1. The van der Waals surface area contributed by atoms with Crippen LogP contribution in [0.3, 0.4) is 0 Å². The Morgan fingerprint density at radius 1 is 1.29 bits per heavy atom. The van der Waals surface area contributed by atoms with Gasteiger partial charge in [0, 0.05) is 6.54 Å². The number of carbonyl (C=O) groups excluding carboxylic acids is 2. The molecule has 0 atom stereocenters. The van der Waals surface area contributed by atoms with Crippen molar-refractivity contribution in [2.24, 2.45) is 5.73 Å². The minimum Gasteiger partial charge on any atom is -0.465 e.